The molecule has 164 valence electrons. The third kappa shape index (κ3) is 3.83. The minimum atomic E-state index is -1.36. The van der Waals surface area contributed by atoms with Gasteiger partial charge in [0, 0.05) is 0 Å². The lowest BCUT2D eigenvalue weighted by Crippen LogP contribution is -2.51. The maximum Gasteiger partial charge on any atom is 0.336 e. The summed E-state index contributed by atoms with van der Waals surface area (Å²) in [6.45, 7) is 7.38. The number of methoxy groups -OCH3 is 2. The van der Waals surface area contributed by atoms with Crippen molar-refractivity contribution in [1.29, 1.82) is 0 Å². The van der Waals surface area contributed by atoms with E-state index in [0.717, 1.165) is 11.1 Å². The van der Waals surface area contributed by atoms with Gasteiger partial charge in [0.2, 0.25) is 0 Å². The van der Waals surface area contributed by atoms with Gasteiger partial charge in [-0.1, -0.05) is 24.3 Å². The fourth-order valence-electron chi connectivity index (χ4n) is 3.78. The lowest BCUT2D eigenvalue weighted by molar-refractivity contribution is -0.147. The molecule has 0 radical (unpaired) electrons. The van der Waals surface area contributed by atoms with Crippen LogP contribution in [-0.2, 0) is 14.3 Å². The highest BCUT2D eigenvalue weighted by Gasteiger charge is 2.50. The van der Waals surface area contributed by atoms with Crippen molar-refractivity contribution < 1.29 is 23.8 Å². The number of carbonyl (C=O) groups excluding carboxylic acids is 2. The first-order valence-electron chi connectivity index (χ1n) is 10.1. The Morgan fingerprint density at radius 1 is 1.03 bits per heavy atom. The number of esters is 1. The van der Waals surface area contributed by atoms with Crippen molar-refractivity contribution in [3.05, 3.63) is 59.3 Å². The zero-order chi connectivity index (χ0) is 22.8. The first kappa shape index (κ1) is 22.2. The van der Waals surface area contributed by atoms with Gasteiger partial charge in [-0.2, -0.15) is 0 Å². The van der Waals surface area contributed by atoms with Crippen molar-refractivity contribution in [2.45, 2.75) is 33.2 Å². The molecule has 7 heteroatoms. The molecule has 1 heterocycles. The predicted molar refractivity (Wildman–Crippen MR) is 120 cm³/mol. The summed E-state index contributed by atoms with van der Waals surface area (Å²) >= 11 is 0. The average molecular weight is 424 g/mol. The van der Waals surface area contributed by atoms with Gasteiger partial charge in [-0.25, -0.2) is 4.79 Å². The standard InChI is InChI=1S/C24H28N2O5/c1-7-31-23(28)24(4)14-17(25-20-15(2)10-8-12-18(20)29-5)22(27)26(24)21-16(3)11-9-13-19(21)30-6/h8-14,25H,7H2,1-6H3. The minimum Gasteiger partial charge on any atom is -0.495 e. The number of amides is 1. The van der Waals surface area contributed by atoms with E-state index in [4.69, 9.17) is 14.2 Å². The molecule has 0 fully saturated rings. The van der Waals surface area contributed by atoms with Crippen molar-refractivity contribution in [3.63, 3.8) is 0 Å². The molecule has 0 spiro atoms. The van der Waals surface area contributed by atoms with Gasteiger partial charge in [0.15, 0.2) is 5.54 Å². The number of nitrogens with one attached hydrogen (secondary N) is 1. The number of rotatable bonds is 7. The Bertz CT molecular complexity index is 1050. The van der Waals surface area contributed by atoms with Gasteiger partial charge in [-0.3, -0.25) is 9.69 Å². The molecule has 3 rings (SSSR count). The molecule has 2 aromatic carbocycles. The molecule has 1 atom stereocenters. The van der Waals surface area contributed by atoms with Gasteiger partial charge in [-0.15, -0.1) is 0 Å². The number of ether oxygens (including phenoxy) is 3. The number of hydrogen-bond acceptors (Lipinski definition) is 6. The Balaban J connectivity index is 2.15. The SMILES string of the molecule is CCOC(=O)C1(C)C=C(Nc2c(C)cccc2OC)C(=O)N1c1c(C)cccc1OC. The van der Waals surface area contributed by atoms with Crippen molar-refractivity contribution in [1.82, 2.24) is 0 Å². The van der Waals surface area contributed by atoms with Crippen LogP contribution in [0.5, 0.6) is 11.5 Å². The van der Waals surface area contributed by atoms with Crippen molar-refractivity contribution in [2.75, 3.05) is 31.0 Å². The van der Waals surface area contributed by atoms with Crippen LogP contribution in [0.4, 0.5) is 11.4 Å². The fourth-order valence-corrected chi connectivity index (χ4v) is 3.78. The molecule has 1 unspecified atom stereocenters. The maximum atomic E-state index is 13.7. The van der Waals surface area contributed by atoms with E-state index in [-0.39, 0.29) is 18.2 Å². The summed E-state index contributed by atoms with van der Waals surface area (Å²) in [4.78, 5) is 28.1. The number of nitrogens with zero attached hydrogens (tertiary/aromatic N) is 1. The first-order valence-corrected chi connectivity index (χ1v) is 10.1. The van der Waals surface area contributed by atoms with E-state index >= 15 is 0 Å². The van der Waals surface area contributed by atoms with Crippen molar-refractivity contribution in [2.24, 2.45) is 0 Å². The first-order chi connectivity index (χ1) is 14.8. The van der Waals surface area contributed by atoms with Crippen LogP contribution in [0.3, 0.4) is 0 Å². The molecule has 0 saturated heterocycles. The lowest BCUT2D eigenvalue weighted by atomic mass is 10.00. The second-order valence-electron chi connectivity index (χ2n) is 7.47. The van der Waals surface area contributed by atoms with Crippen LogP contribution in [0.1, 0.15) is 25.0 Å². The summed E-state index contributed by atoms with van der Waals surface area (Å²) < 4.78 is 16.3. The van der Waals surface area contributed by atoms with E-state index in [0.29, 0.717) is 22.9 Å². The van der Waals surface area contributed by atoms with Crippen molar-refractivity contribution in [3.8, 4) is 11.5 Å². The van der Waals surface area contributed by atoms with E-state index in [9.17, 15) is 9.59 Å². The molecular weight excluding hydrogens is 396 g/mol. The van der Waals surface area contributed by atoms with Crippen molar-refractivity contribution >= 4 is 23.3 Å². The molecule has 1 aliphatic rings. The van der Waals surface area contributed by atoms with Crippen LogP contribution in [0.2, 0.25) is 0 Å². The Morgan fingerprint density at radius 2 is 1.65 bits per heavy atom. The number of aryl methyl sites for hydroxylation is 2. The predicted octanol–water partition coefficient (Wildman–Crippen LogP) is 3.99. The van der Waals surface area contributed by atoms with E-state index < -0.39 is 11.5 Å². The second kappa shape index (κ2) is 8.71. The van der Waals surface area contributed by atoms with Crippen LogP contribution < -0.4 is 19.7 Å². The molecular formula is C24H28N2O5. The third-order valence-electron chi connectivity index (χ3n) is 5.37. The van der Waals surface area contributed by atoms with Gasteiger partial charge in [0.05, 0.1) is 32.2 Å². The second-order valence-corrected chi connectivity index (χ2v) is 7.47. The number of hydrogen-bond donors (Lipinski definition) is 1. The summed E-state index contributed by atoms with van der Waals surface area (Å²) in [5.41, 5.74) is 1.78. The monoisotopic (exact) mass is 424 g/mol. The van der Waals surface area contributed by atoms with Gasteiger partial charge in [0.1, 0.15) is 17.2 Å². The van der Waals surface area contributed by atoms with Crippen LogP contribution in [0.25, 0.3) is 0 Å². The number of para-hydroxylation sites is 2. The van der Waals surface area contributed by atoms with E-state index in [1.54, 1.807) is 33.1 Å². The highest BCUT2D eigenvalue weighted by atomic mass is 16.5. The van der Waals surface area contributed by atoms with Crippen LogP contribution in [0, 0.1) is 13.8 Å². The summed E-state index contributed by atoms with van der Waals surface area (Å²) in [5, 5.41) is 3.18. The molecule has 0 bridgehead atoms. The normalized spacial score (nSPS) is 17.9. The van der Waals surface area contributed by atoms with E-state index in [1.165, 1.54) is 12.0 Å². The number of carbonyl (C=O) groups is 2. The van der Waals surface area contributed by atoms with Gasteiger partial charge < -0.3 is 19.5 Å². The van der Waals surface area contributed by atoms with Crippen LogP contribution in [-0.4, -0.2) is 38.2 Å². The quantitative estimate of drug-likeness (QED) is 0.678. The molecule has 1 amide bonds. The molecule has 7 nitrogen and oxygen atoms in total. The molecule has 0 aromatic heterocycles. The largest absolute Gasteiger partial charge is 0.495 e. The third-order valence-corrected chi connectivity index (χ3v) is 5.37. The average Bonchev–Trinajstić information content (AvgIpc) is 3.00. The van der Waals surface area contributed by atoms with E-state index in [2.05, 4.69) is 5.32 Å². The smallest absolute Gasteiger partial charge is 0.336 e. The van der Waals surface area contributed by atoms with Gasteiger partial charge >= 0.3 is 5.97 Å². The summed E-state index contributed by atoms with van der Waals surface area (Å²) in [7, 11) is 3.10. The zero-order valence-corrected chi connectivity index (χ0v) is 18.7. The van der Waals surface area contributed by atoms with Gasteiger partial charge in [0.25, 0.3) is 5.91 Å². The summed E-state index contributed by atoms with van der Waals surface area (Å²) in [5.74, 6) is 0.195. The Labute approximate surface area is 182 Å². The topological polar surface area (TPSA) is 77.1 Å². The van der Waals surface area contributed by atoms with Crippen LogP contribution in [0.15, 0.2) is 48.2 Å². The molecule has 0 saturated carbocycles. The zero-order valence-electron chi connectivity index (χ0n) is 18.7. The number of benzene rings is 2. The highest BCUT2D eigenvalue weighted by molar-refractivity contribution is 6.17. The lowest BCUT2D eigenvalue weighted by Gasteiger charge is -2.34. The summed E-state index contributed by atoms with van der Waals surface area (Å²) in [6, 6.07) is 11.1. The fraction of sp³-hybridized carbons (Fsp3) is 0.333. The Morgan fingerprint density at radius 3 is 2.26 bits per heavy atom. The highest BCUT2D eigenvalue weighted by Crippen LogP contribution is 2.42. The molecule has 31 heavy (non-hydrogen) atoms. The molecule has 1 aliphatic heterocycles. The molecule has 1 N–H and O–H groups in total. The Hall–Kier alpha value is -3.48. The maximum absolute atomic E-state index is 13.7. The number of anilines is 2. The Kier molecular flexibility index (Phi) is 6.24. The van der Waals surface area contributed by atoms with Gasteiger partial charge in [-0.05, 0) is 57.0 Å². The summed E-state index contributed by atoms with van der Waals surface area (Å²) in [6.07, 6.45) is 1.60. The molecule has 2 aromatic rings. The van der Waals surface area contributed by atoms with E-state index in [1.807, 2.05) is 44.2 Å². The minimum absolute atomic E-state index is 0.198. The van der Waals surface area contributed by atoms with Crippen LogP contribution >= 0.6 is 0 Å². The molecule has 0 aliphatic carbocycles.